The predicted octanol–water partition coefficient (Wildman–Crippen LogP) is 0.892. The Balaban J connectivity index is 2.00. The molecule has 2 fully saturated rings. The number of carbonyl (C=O) groups excluding carboxylic acids is 1. The SMILES string of the molecule is Cc1ccc(C(N)=O)c(N2CC[C@@H]3CNC[C@@H]32)c1. The molecule has 0 saturated carbocycles. The molecule has 3 rings (SSSR count). The first-order valence-electron chi connectivity index (χ1n) is 6.54. The number of nitrogens with two attached hydrogens (primary N) is 1. The molecular weight excluding hydrogens is 226 g/mol. The van der Waals surface area contributed by atoms with Crippen LogP contribution in [-0.2, 0) is 0 Å². The van der Waals surface area contributed by atoms with Crippen LogP contribution in [0, 0.1) is 12.8 Å². The third-order valence-electron chi connectivity index (χ3n) is 4.17. The van der Waals surface area contributed by atoms with Gasteiger partial charge in [0.1, 0.15) is 0 Å². The van der Waals surface area contributed by atoms with Crippen molar-refractivity contribution in [3.8, 4) is 0 Å². The summed E-state index contributed by atoms with van der Waals surface area (Å²) in [5, 5.41) is 3.43. The van der Waals surface area contributed by atoms with E-state index in [4.69, 9.17) is 5.73 Å². The zero-order valence-electron chi connectivity index (χ0n) is 10.6. The fourth-order valence-electron chi connectivity index (χ4n) is 3.24. The molecule has 2 aliphatic heterocycles. The molecule has 0 spiro atoms. The van der Waals surface area contributed by atoms with Crippen molar-refractivity contribution in [2.75, 3.05) is 24.5 Å². The highest BCUT2D eigenvalue weighted by atomic mass is 16.1. The first-order chi connectivity index (χ1) is 8.66. The van der Waals surface area contributed by atoms with E-state index in [1.54, 1.807) is 0 Å². The van der Waals surface area contributed by atoms with Gasteiger partial charge in [-0.15, -0.1) is 0 Å². The standard InChI is InChI=1S/C14H19N3O/c1-9-2-3-11(14(15)18)12(6-9)17-5-4-10-7-16-8-13(10)17/h2-3,6,10,13,16H,4-5,7-8H2,1H3,(H2,15,18)/t10-,13+/m1/s1. The van der Waals surface area contributed by atoms with Gasteiger partial charge in [0.25, 0.3) is 5.91 Å². The van der Waals surface area contributed by atoms with Gasteiger partial charge in [0.15, 0.2) is 0 Å². The van der Waals surface area contributed by atoms with Crippen LogP contribution in [0.4, 0.5) is 5.69 Å². The van der Waals surface area contributed by atoms with Crippen LogP contribution in [0.25, 0.3) is 0 Å². The van der Waals surface area contributed by atoms with Crippen LogP contribution in [0.1, 0.15) is 22.3 Å². The second-order valence-corrected chi connectivity index (χ2v) is 5.35. The van der Waals surface area contributed by atoms with E-state index in [-0.39, 0.29) is 5.91 Å². The van der Waals surface area contributed by atoms with E-state index in [0.29, 0.717) is 17.5 Å². The molecule has 3 N–H and O–H groups in total. The van der Waals surface area contributed by atoms with E-state index in [2.05, 4.69) is 23.2 Å². The van der Waals surface area contributed by atoms with Gasteiger partial charge >= 0.3 is 0 Å². The summed E-state index contributed by atoms with van der Waals surface area (Å²) in [6.45, 7) is 5.19. The van der Waals surface area contributed by atoms with Crippen molar-refractivity contribution in [1.29, 1.82) is 0 Å². The van der Waals surface area contributed by atoms with E-state index >= 15 is 0 Å². The van der Waals surface area contributed by atoms with Crippen LogP contribution in [0.3, 0.4) is 0 Å². The Bertz CT molecular complexity index is 486. The van der Waals surface area contributed by atoms with Crippen molar-refractivity contribution < 1.29 is 4.79 Å². The number of fused-ring (bicyclic) bond motifs is 1. The zero-order valence-corrected chi connectivity index (χ0v) is 10.6. The minimum absolute atomic E-state index is 0.334. The normalized spacial score (nSPS) is 26.4. The monoisotopic (exact) mass is 245 g/mol. The summed E-state index contributed by atoms with van der Waals surface area (Å²) in [4.78, 5) is 13.9. The van der Waals surface area contributed by atoms with E-state index in [1.807, 2.05) is 12.1 Å². The summed E-state index contributed by atoms with van der Waals surface area (Å²) < 4.78 is 0. The summed E-state index contributed by atoms with van der Waals surface area (Å²) >= 11 is 0. The largest absolute Gasteiger partial charge is 0.366 e. The third-order valence-corrected chi connectivity index (χ3v) is 4.17. The molecule has 1 amide bonds. The van der Waals surface area contributed by atoms with E-state index in [9.17, 15) is 4.79 Å². The minimum atomic E-state index is -0.334. The number of amides is 1. The Morgan fingerprint density at radius 2 is 2.28 bits per heavy atom. The number of carbonyl (C=O) groups is 1. The molecular formula is C14H19N3O. The predicted molar refractivity (Wildman–Crippen MR) is 71.8 cm³/mol. The molecule has 2 aliphatic rings. The van der Waals surface area contributed by atoms with Gasteiger partial charge in [-0.3, -0.25) is 4.79 Å². The molecule has 0 aromatic heterocycles. The fourth-order valence-corrected chi connectivity index (χ4v) is 3.24. The molecule has 2 heterocycles. The highest BCUT2D eigenvalue weighted by Gasteiger charge is 2.38. The number of aryl methyl sites for hydroxylation is 1. The first-order valence-corrected chi connectivity index (χ1v) is 6.54. The van der Waals surface area contributed by atoms with Gasteiger partial charge in [0.05, 0.1) is 11.3 Å². The fraction of sp³-hybridized carbons (Fsp3) is 0.500. The highest BCUT2D eigenvalue weighted by Crippen LogP contribution is 2.34. The van der Waals surface area contributed by atoms with E-state index in [1.165, 1.54) is 12.0 Å². The molecule has 4 nitrogen and oxygen atoms in total. The topological polar surface area (TPSA) is 58.4 Å². The van der Waals surface area contributed by atoms with Crippen molar-refractivity contribution in [3.05, 3.63) is 29.3 Å². The number of hydrogen-bond acceptors (Lipinski definition) is 3. The number of nitrogens with zero attached hydrogens (tertiary/aromatic N) is 1. The van der Waals surface area contributed by atoms with Crippen LogP contribution in [0.2, 0.25) is 0 Å². The van der Waals surface area contributed by atoms with Gasteiger partial charge < -0.3 is 16.0 Å². The molecule has 0 bridgehead atoms. The summed E-state index contributed by atoms with van der Waals surface area (Å²) in [5.41, 5.74) is 8.32. The Labute approximate surface area is 107 Å². The maximum atomic E-state index is 11.6. The average Bonchev–Trinajstić information content (AvgIpc) is 2.89. The van der Waals surface area contributed by atoms with Crippen molar-refractivity contribution in [2.45, 2.75) is 19.4 Å². The maximum Gasteiger partial charge on any atom is 0.250 e. The number of primary amides is 1. The molecule has 0 aliphatic carbocycles. The highest BCUT2D eigenvalue weighted by molar-refractivity contribution is 5.99. The lowest BCUT2D eigenvalue weighted by molar-refractivity contribution is 0.100. The molecule has 1 aromatic rings. The van der Waals surface area contributed by atoms with Crippen molar-refractivity contribution in [1.82, 2.24) is 5.32 Å². The molecule has 2 atom stereocenters. The Morgan fingerprint density at radius 3 is 3.06 bits per heavy atom. The number of anilines is 1. The number of nitrogens with one attached hydrogen (secondary N) is 1. The van der Waals surface area contributed by atoms with Crippen LogP contribution >= 0.6 is 0 Å². The summed E-state index contributed by atoms with van der Waals surface area (Å²) in [7, 11) is 0. The summed E-state index contributed by atoms with van der Waals surface area (Å²) in [6.07, 6.45) is 1.20. The van der Waals surface area contributed by atoms with Crippen LogP contribution in [-0.4, -0.2) is 31.6 Å². The van der Waals surface area contributed by atoms with E-state index in [0.717, 1.165) is 25.3 Å². The Morgan fingerprint density at radius 1 is 1.44 bits per heavy atom. The van der Waals surface area contributed by atoms with Crippen molar-refractivity contribution in [2.24, 2.45) is 11.7 Å². The van der Waals surface area contributed by atoms with Gasteiger partial charge in [-0.2, -0.15) is 0 Å². The van der Waals surface area contributed by atoms with Crippen molar-refractivity contribution in [3.63, 3.8) is 0 Å². The van der Waals surface area contributed by atoms with Gasteiger partial charge in [-0.1, -0.05) is 6.07 Å². The third kappa shape index (κ3) is 1.77. The molecule has 0 unspecified atom stereocenters. The summed E-state index contributed by atoms with van der Waals surface area (Å²) in [5.74, 6) is 0.380. The minimum Gasteiger partial charge on any atom is -0.366 e. The molecule has 4 heteroatoms. The maximum absolute atomic E-state index is 11.6. The summed E-state index contributed by atoms with van der Waals surface area (Å²) in [6, 6.07) is 6.40. The lowest BCUT2D eigenvalue weighted by atomic mass is 10.0. The second-order valence-electron chi connectivity index (χ2n) is 5.35. The van der Waals surface area contributed by atoms with Crippen LogP contribution < -0.4 is 16.0 Å². The van der Waals surface area contributed by atoms with Crippen LogP contribution in [0.15, 0.2) is 18.2 Å². The van der Waals surface area contributed by atoms with Gasteiger partial charge in [0.2, 0.25) is 0 Å². The van der Waals surface area contributed by atoms with Crippen LogP contribution in [0.5, 0.6) is 0 Å². The second kappa shape index (κ2) is 4.28. The lowest BCUT2D eigenvalue weighted by Gasteiger charge is -2.27. The van der Waals surface area contributed by atoms with Gasteiger partial charge in [-0.25, -0.2) is 0 Å². The zero-order chi connectivity index (χ0) is 12.7. The smallest absolute Gasteiger partial charge is 0.250 e. The molecule has 18 heavy (non-hydrogen) atoms. The molecule has 0 radical (unpaired) electrons. The van der Waals surface area contributed by atoms with Gasteiger partial charge in [0, 0.05) is 25.7 Å². The Kier molecular flexibility index (Phi) is 2.74. The van der Waals surface area contributed by atoms with Gasteiger partial charge in [-0.05, 0) is 37.0 Å². The van der Waals surface area contributed by atoms with Crippen molar-refractivity contribution >= 4 is 11.6 Å². The average molecular weight is 245 g/mol. The Hall–Kier alpha value is -1.55. The quantitative estimate of drug-likeness (QED) is 0.813. The molecule has 2 saturated heterocycles. The first kappa shape index (κ1) is 11.5. The molecule has 96 valence electrons. The number of rotatable bonds is 2. The molecule has 1 aromatic carbocycles. The number of hydrogen-bond donors (Lipinski definition) is 2. The lowest BCUT2D eigenvalue weighted by Crippen LogP contribution is -2.35. The van der Waals surface area contributed by atoms with E-state index < -0.39 is 0 Å². The number of benzene rings is 1.